The summed E-state index contributed by atoms with van der Waals surface area (Å²) in [4.78, 5) is 35.7. The van der Waals surface area contributed by atoms with Gasteiger partial charge in [0.1, 0.15) is 12.1 Å². The minimum atomic E-state index is -1.25. The van der Waals surface area contributed by atoms with Crippen LogP contribution in [0.3, 0.4) is 0 Å². The lowest BCUT2D eigenvalue weighted by molar-refractivity contribution is -0.143. The van der Waals surface area contributed by atoms with E-state index >= 15 is 0 Å². The molecule has 1 aliphatic rings. The van der Waals surface area contributed by atoms with E-state index in [-0.39, 0.29) is 0 Å². The van der Waals surface area contributed by atoms with Gasteiger partial charge >= 0.3 is 12.0 Å². The minimum absolute atomic E-state index is 0.300. The molecular formula is C13H13ClN2O4. The number of halogens is 1. The molecule has 0 saturated carbocycles. The van der Waals surface area contributed by atoms with Gasteiger partial charge in [0.15, 0.2) is 0 Å². The zero-order valence-electron chi connectivity index (χ0n) is 10.7. The first kappa shape index (κ1) is 14.3. The first-order valence-corrected chi connectivity index (χ1v) is 6.40. The number of urea groups is 1. The lowest BCUT2D eigenvalue weighted by atomic mass is 9.87. The molecule has 2 rings (SSSR count). The minimum Gasteiger partial charge on any atom is -0.480 e. The molecule has 0 spiro atoms. The van der Waals surface area contributed by atoms with Crippen molar-refractivity contribution < 1.29 is 19.5 Å². The summed E-state index contributed by atoms with van der Waals surface area (Å²) in [5, 5.41) is 11.8. The number of benzene rings is 1. The van der Waals surface area contributed by atoms with E-state index in [9.17, 15) is 14.4 Å². The number of rotatable bonds is 4. The van der Waals surface area contributed by atoms with Gasteiger partial charge in [-0.25, -0.2) is 4.79 Å². The molecule has 0 radical (unpaired) electrons. The van der Waals surface area contributed by atoms with Gasteiger partial charge in [-0.3, -0.25) is 14.5 Å². The predicted octanol–water partition coefficient (Wildman–Crippen LogP) is 1.58. The number of carboxylic acids is 1. The van der Waals surface area contributed by atoms with E-state index in [4.69, 9.17) is 16.7 Å². The van der Waals surface area contributed by atoms with Crippen molar-refractivity contribution >= 4 is 29.5 Å². The number of nitrogens with one attached hydrogen (secondary N) is 1. The van der Waals surface area contributed by atoms with E-state index in [2.05, 4.69) is 5.32 Å². The average Bonchev–Trinajstić information content (AvgIpc) is 2.63. The number of imide groups is 1. The fourth-order valence-electron chi connectivity index (χ4n) is 2.30. The van der Waals surface area contributed by atoms with E-state index in [0.717, 1.165) is 0 Å². The summed E-state index contributed by atoms with van der Waals surface area (Å²) in [6.07, 6.45) is 0.300. The molecule has 0 aromatic heterocycles. The maximum atomic E-state index is 12.5. The normalized spacial score (nSPS) is 22.0. The second kappa shape index (κ2) is 5.13. The van der Waals surface area contributed by atoms with Gasteiger partial charge in [-0.15, -0.1) is 0 Å². The quantitative estimate of drug-likeness (QED) is 0.826. The van der Waals surface area contributed by atoms with Crippen LogP contribution in [0.5, 0.6) is 0 Å². The van der Waals surface area contributed by atoms with Crippen LogP contribution < -0.4 is 5.32 Å². The predicted molar refractivity (Wildman–Crippen MR) is 71.3 cm³/mol. The van der Waals surface area contributed by atoms with E-state index in [1.807, 2.05) is 0 Å². The average molecular weight is 297 g/mol. The van der Waals surface area contributed by atoms with Crippen molar-refractivity contribution in [3.8, 4) is 0 Å². The Morgan fingerprint density at radius 1 is 1.45 bits per heavy atom. The molecule has 7 heteroatoms. The number of carbonyl (C=O) groups excluding carboxylic acids is 2. The zero-order chi connectivity index (χ0) is 14.9. The number of hydrogen-bond acceptors (Lipinski definition) is 3. The largest absolute Gasteiger partial charge is 0.480 e. The molecule has 1 aromatic carbocycles. The maximum Gasteiger partial charge on any atom is 0.325 e. The van der Waals surface area contributed by atoms with Crippen LogP contribution in [0.15, 0.2) is 24.3 Å². The number of aliphatic carboxylic acids is 1. The highest BCUT2D eigenvalue weighted by molar-refractivity contribution is 6.30. The fraction of sp³-hybridized carbons (Fsp3) is 0.308. The lowest BCUT2D eigenvalue weighted by Gasteiger charge is -2.25. The van der Waals surface area contributed by atoms with E-state index in [1.165, 1.54) is 0 Å². The molecule has 0 bridgehead atoms. The molecule has 3 amide bonds. The Kier molecular flexibility index (Phi) is 3.67. The molecule has 1 unspecified atom stereocenters. The first-order chi connectivity index (χ1) is 9.40. The summed E-state index contributed by atoms with van der Waals surface area (Å²) in [5.74, 6) is -1.82. The van der Waals surface area contributed by atoms with Crippen molar-refractivity contribution in [2.24, 2.45) is 0 Å². The number of nitrogens with zero attached hydrogens (tertiary/aromatic N) is 1. The SMILES string of the molecule is CCC1(c2cccc(Cl)c2)NC(=O)N(CC(=O)O)C1=O. The molecular weight excluding hydrogens is 284 g/mol. The third kappa shape index (κ3) is 2.22. The summed E-state index contributed by atoms with van der Waals surface area (Å²) in [6.45, 7) is 1.08. The summed E-state index contributed by atoms with van der Waals surface area (Å²) >= 11 is 5.92. The molecule has 0 aliphatic carbocycles. The van der Waals surface area contributed by atoms with Gasteiger partial charge in [0.2, 0.25) is 0 Å². The van der Waals surface area contributed by atoms with Crippen LogP contribution in [0.2, 0.25) is 5.02 Å². The number of amides is 3. The van der Waals surface area contributed by atoms with Gasteiger partial charge in [-0.1, -0.05) is 30.7 Å². The Bertz CT molecular complexity index is 589. The Morgan fingerprint density at radius 3 is 2.70 bits per heavy atom. The summed E-state index contributed by atoms with van der Waals surface area (Å²) < 4.78 is 0. The highest BCUT2D eigenvalue weighted by Crippen LogP contribution is 2.33. The molecule has 1 atom stereocenters. The molecule has 1 heterocycles. The van der Waals surface area contributed by atoms with Gasteiger partial charge in [-0.05, 0) is 24.1 Å². The van der Waals surface area contributed by atoms with Crippen LogP contribution in [0.25, 0.3) is 0 Å². The molecule has 1 fully saturated rings. The van der Waals surface area contributed by atoms with E-state index < -0.39 is 30.0 Å². The highest BCUT2D eigenvalue weighted by atomic mass is 35.5. The number of hydrogen-bond donors (Lipinski definition) is 2. The molecule has 2 N–H and O–H groups in total. The molecule has 6 nitrogen and oxygen atoms in total. The van der Waals surface area contributed by atoms with Crippen molar-refractivity contribution in [2.45, 2.75) is 18.9 Å². The summed E-state index contributed by atoms with van der Waals surface area (Å²) in [7, 11) is 0. The zero-order valence-corrected chi connectivity index (χ0v) is 11.5. The lowest BCUT2D eigenvalue weighted by Crippen LogP contribution is -2.43. The Morgan fingerprint density at radius 2 is 2.15 bits per heavy atom. The van der Waals surface area contributed by atoms with Gasteiger partial charge in [0.25, 0.3) is 5.91 Å². The van der Waals surface area contributed by atoms with Crippen molar-refractivity contribution in [1.29, 1.82) is 0 Å². The third-order valence-corrected chi connectivity index (χ3v) is 3.55. The fourth-order valence-corrected chi connectivity index (χ4v) is 2.49. The Labute approximate surface area is 120 Å². The van der Waals surface area contributed by atoms with Crippen LogP contribution >= 0.6 is 11.6 Å². The van der Waals surface area contributed by atoms with Crippen LogP contribution in [-0.2, 0) is 15.1 Å². The number of carboxylic acid groups (broad SMARTS) is 1. The van der Waals surface area contributed by atoms with Gasteiger partial charge < -0.3 is 10.4 Å². The first-order valence-electron chi connectivity index (χ1n) is 6.02. The van der Waals surface area contributed by atoms with Gasteiger partial charge in [0, 0.05) is 5.02 Å². The third-order valence-electron chi connectivity index (χ3n) is 3.32. The number of carbonyl (C=O) groups is 3. The van der Waals surface area contributed by atoms with Crippen LogP contribution in [0, 0.1) is 0 Å². The Balaban J connectivity index is 2.45. The second-order valence-corrected chi connectivity index (χ2v) is 4.92. The topological polar surface area (TPSA) is 86.7 Å². The van der Waals surface area contributed by atoms with Gasteiger partial charge in [-0.2, -0.15) is 0 Å². The standard InChI is InChI=1S/C13H13ClN2O4/c1-2-13(8-4-3-5-9(14)6-8)11(19)16(7-10(17)18)12(20)15-13/h3-6H,2,7H2,1H3,(H,15,20)(H,17,18). The van der Waals surface area contributed by atoms with Gasteiger partial charge in [0.05, 0.1) is 0 Å². The van der Waals surface area contributed by atoms with Crippen LogP contribution in [0.1, 0.15) is 18.9 Å². The highest BCUT2D eigenvalue weighted by Gasteiger charge is 2.51. The van der Waals surface area contributed by atoms with Crippen molar-refractivity contribution in [2.75, 3.05) is 6.54 Å². The van der Waals surface area contributed by atoms with Crippen LogP contribution in [-0.4, -0.2) is 34.5 Å². The molecule has 1 saturated heterocycles. The van der Waals surface area contributed by atoms with Crippen molar-refractivity contribution in [3.05, 3.63) is 34.9 Å². The van der Waals surface area contributed by atoms with Crippen molar-refractivity contribution in [3.63, 3.8) is 0 Å². The summed E-state index contributed by atoms with van der Waals surface area (Å²) in [6, 6.07) is 5.89. The van der Waals surface area contributed by atoms with E-state index in [0.29, 0.717) is 21.9 Å². The maximum absolute atomic E-state index is 12.5. The monoisotopic (exact) mass is 296 g/mol. The molecule has 20 heavy (non-hydrogen) atoms. The molecule has 1 aliphatic heterocycles. The molecule has 1 aromatic rings. The van der Waals surface area contributed by atoms with E-state index in [1.54, 1.807) is 31.2 Å². The summed E-state index contributed by atoms with van der Waals surface area (Å²) in [5.41, 5.74) is -0.712. The Hall–Kier alpha value is -2.08. The second-order valence-electron chi connectivity index (χ2n) is 4.48. The molecule has 106 valence electrons. The smallest absolute Gasteiger partial charge is 0.325 e. The van der Waals surface area contributed by atoms with Crippen LogP contribution in [0.4, 0.5) is 4.79 Å². The van der Waals surface area contributed by atoms with Crippen molar-refractivity contribution in [1.82, 2.24) is 10.2 Å².